The minimum atomic E-state index is 1.17. The Balaban J connectivity index is 2.54. The first kappa shape index (κ1) is 4.13. The third kappa shape index (κ3) is 0.399. The van der Waals surface area contributed by atoms with E-state index in [4.69, 9.17) is 0 Å². The van der Waals surface area contributed by atoms with Crippen molar-refractivity contribution in [3.8, 4) is 0 Å². The highest BCUT2D eigenvalue weighted by atomic mass is 15.1. The molecule has 1 aromatic rings. The lowest BCUT2D eigenvalue weighted by Crippen LogP contribution is -1.83. The molecular formula is C6H7N2. The van der Waals surface area contributed by atoms with E-state index in [1.165, 1.54) is 18.5 Å². The van der Waals surface area contributed by atoms with Crippen LogP contribution in [0.5, 0.6) is 0 Å². The number of fused-ring (bicyclic) bond motifs is 1. The molecule has 8 heavy (non-hydrogen) atoms. The molecule has 0 fully saturated rings. The normalized spacial score (nSPS) is 16.5. The van der Waals surface area contributed by atoms with Gasteiger partial charge in [0, 0.05) is 11.9 Å². The quantitative estimate of drug-likeness (QED) is 0.480. The van der Waals surface area contributed by atoms with Crippen LogP contribution in [0.2, 0.25) is 0 Å². The Labute approximate surface area is 48.2 Å². The van der Waals surface area contributed by atoms with E-state index in [1.54, 1.807) is 0 Å². The Morgan fingerprint density at radius 1 is 1.62 bits per heavy atom. The number of nitrogens with zero attached hydrogens (tertiary/aromatic N) is 2. The zero-order valence-corrected chi connectivity index (χ0v) is 4.54. The predicted molar refractivity (Wildman–Crippen MR) is 30.2 cm³/mol. The summed E-state index contributed by atoms with van der Waals surface area (Å²) in [4.78, 5) is 3.98. The minimum absolute atomic E-state index is 1.17. The second-order valence-electron chi connectivity index (χ2n) is 2.01. The standard InChI is InChI=1S/C6H7N2/c1-2-6-4-7-5-8(6)3-1/h3-5H,1-2H2. The van der Waals surface area contributed by atoms with Gasteiger partial charge in [-0.05, 0) is 12.8 Å². The molecule has 0 aromatic carbocycles. The van der Waals surface area contributed by atoms with Crippen LogP contribution >= 0.6 is 0 Å². The van der Waals surface area contributed by atoms with Crippen LogP contribution in [0.4, 0.5) is 0 Å². The van der Waals surface area contributed by atoms with E-state index in [1.807, 2.05) is 12.5 Å². The van der Waals surface area contributed by atoms with Crippen molar-refractivity contribution in [1.29, 1.82) is 0 Å². The lowest BCUT2D eigenvalue weighted by molar-refractivity contribution is 0.952. The molecule has 0 atom stereocenters. The number of hydrogen-bond donors (Lipinski definition) is 0. The van der Waals surface area contributed by atoms with Crippen LogP contribution in [-0.2, 0) is 6.42 Å². The van der Waals surface area contributed by atoms with Crippen LogP contribution in [0.1, 0.15) is 12.1 Å². The third-order valence-corrected chi connectivity index (χ3v) is 1.47. The Hall–Kier alpha value is -0.790. The van der Waals surface area contributed by atoms with Crippen molar-refractivity contribution < 1.29 is 0 Å². The van der Waals surface area contributed by atoms with Gasteiger partial charge in [0.1, 0.15) is 0 Å². The second-order valence-corrected chi connectivity index (χ2v) is 2.01. The van der Waals surface area contributed by atoms with Crippen LogP contribution in [0.3, 0.4) is 0 Å². The molecule has 1 radical (unpaired) electrons. The first-order valence-electron chi connectivity index (χ1n) is 2.81. The number of aryl methyl sites for hydroxylation is 1. The maximum Gasteiger partial charge on any atom is 0.0951 e. The first-order chi connectivity index (χ1) is 3.97. The van der Waals surface area contributed by atoms with Gasteiger partial charge in [-0.3, -0.25) is 0 Å². The summed E-state index contributed by atoms with van der Waals surface area (Å²) in [6.07, 6.45) is 6.11. The fourth-order valence-corrected chi connectivity index (χ4v) is 1.04. The van der Waals surface area contributed by atoms with Gasteiger partial charge in [-0.15, -0.1) is 0 Å². The Morgan fingerprint density at radius 2 is 2.62 bits per heavy atom. The van der Waals surface area contributed by atoms with E-state index in [-0.39, 0.29) is 0 Å². The van der Waals surface area contributed by atoms with Gasteiger partial charge in [0.25, 0.3) is 0 Å². The van der Waals surface area contributed by atoms with Gasteiger partial charge in [0.05, 0.1) is 12.9 Å². The molecule has 0 saturated carbocycles. The van der Waals surface area contributed by atoms with Gasteiger partial charge >= 0.3 is 0 Å². The largest absolute Gasteiger partial charge is 0.329 e. The first-order valence-corrected chi connectivity index (χ1v) is 2.81. The maximum atomic E-state index is 3.98. The molecule has 2 heteroatoms. The monoisotopic (exact) mass is 107 g/mol. The molecule has 0 saturated heterocycles. The maximum absolute atomic E-state index is 3.98. The molecule has 0 amide bonds. The van der Waals surface area contributed by atoms with E-state index in [0.717, 1.165) is 0 Å². The van der Waals surface area contributed by atoms with Crippen LogP contribution in [0.25, 0.3) is 0 Å². The fourth-order valence-electron chi connectivity index (χ4n) is 1.04. The van der Waals surface area contributed by atoms with Crippen molar-refractivity contribution in [2.45, 2.75) is 12.8 Å². The smallest absolute Gasteiger partial charge is 0.0951 e. The van der Waals surface area contributed by atoms with Gasteiger partial charge < -0.3 is 4.57 Å². The van der Waals surface area contributed by atoms with Crippen molar-refractivity contribution in [1.82, 2.24) is 9.55 Å². The van der Waals surface area contributed by atoms with Crippen LogP contribution in [0, 0.1) is 6.54 Å². The molecular weight excluding hydrogens is 100 g/mol. The molecule has 2 nitrogen and oxygen atoms in total. The van der Waals surface area contributed by atoms with E-state index in [2.05, 4.69) is 16.1 Å². The number of imidazole rings is 1. The lowest BCUT2D eigenvalue weighted by Gasteiger charge is -1.87. The minimum Gasteiger partial charge on any atom is -0.329 e. The van der Waals surface area contributed by atoms with E-state index < -0.39 is 0 Å². The number of rotatable bonds is 0. The van der Waals surface area contributed by atoms with Crippen molar-refractivity contribution in [3.63, 3.8) is 0 Å². The van der Waals surface area contributed by atoms with Crippen molar-refractivity contribution in [2.75, 3.05) is 0 Å². The zero-order chi connectivity index (χ0) is 5.40. The van der Waals surface area contributed by atoms with Gasteiger partial charge in [0.15, 0.2) is 0 Å². The molecule has 0 bridgehead atoms. The van der Waals surface area contributed by atoms with Crippen molar-refractivity contribution >= 4 is 0 Å². The Morgan fingerprint density at radius 3 is 3.50 bits per heavy atom. The molecule has 1 aliphatic rings. The highest BCUT2D eigenvalue weighted by molar-refractivity contribution is 5.07. The topological polar surface area (TPSA) is 17.8 Å². The van der Waals surface area contributed by atoms with E-state index in [0.29, 0.717) is 0 Å². The van der Waals surface area contributed by atoms with Gasteiger partial charge in [-0.2, -0.15) is 0 Å². The highest BCUT2D eigenvalue weighted by Gasteiger charge is 2.07. The van der Waals surface area contributed by atoms with Crippen molar-refractivity contribution in [3.05, 3.63) is 24.8 Å². The molecule has 1 aliphatic heterocycles. The molecule has 0 unspecified atom stereocenters. The molecule has 2 rings (SSSR count). The van der Waals surface area contributed by atoms with Gasteiger partial charge in [-0.25, -0.2) is 4.98 Å². The fraction of sp³-hybridized carbons (Fsp3) is 0.333. The average Bonchev–Trinajstić information content (AvgIpc) is 2.15. The summed E-state index contributed by atoms with van der Waals surface area (Å²) < 4.78 is 2.08. The average molecular weight is 107 g/mol. The summed E-state index contributed by atoms with van der Waals surface area (Å²) >= 11 is 0. The molecule has 0 spiro atoms. The summed E-state index contributed by atoms with van der Waals surface area (Å²) in [6, 6.07) is 0. The third-order valence-electron chi connectivity index (χ3n) is 1.47. The molecule has 0 N–H and O–H groups in total. The summed E-state index contributed by atoms with van der Waals surface area (Å²) in [5.74, 6) is 0. The number of aromatic nitrogens is 2. The lowest BCUT2D eigenvalue weighted by atomic mass is 10.3. The van der Waals surface area contributed by atoms with Crippen LogP contribution in [-0.4, -0.2) is 9.55 Å². The summed E-state index contributed by atoms with van der Waals surface area (Å²) in [6.45, 7) is 2.16. The second kappa shape index (κ2) is 1.34. The zero-order valence-electron chi connectivity index (χ0n) is 4.54. The molecule has 1 aromatic heterocycles. The number of hydrogen-bond acceptors (Lipinski definition) is 1. The van der Waals surface area contributed by atoms with E-state index >= 15 is 0 Å². The highest BCUT2D eigenvalue weighted by Crippen LogP contribution is 2.13. The molecule has 2 heterocycles. The molecule has 41 valence electrons. The summed E-state index contributed by atoms with van der Waals surface area (Å²) in [7, 11) is 0. The summed E-state index contributed by atoms with van der Waals surface area (Å²) in [5.41, 5.74) is 1.34. The Bertz CT molecular complexity index is 172. The van der Waals surface area contributed by atoms with E-state index in [9.17, 15) is 0 Å². The van der Waals surface area contributed by atoms with Gasteiger partial charge in [0.2, 0.25) is 0 Å². The van der Waals surface area contributed by atoms with Crippen LogP contribution in [0.15, 0.2) is 12.5 Å². The predicted octanol–water partition coefficient (Wildman–Crippen LogP) is 0.839. The molecule has 0 aliphatic carbocycles. The van der Waals surface area contributed by atoms with Crippen molar-refractivity contribution in [2.24, 2.45) is 0 Å². The summed E-state index contributed by atoms with van der Waals surface area (Å²) in [5, 5.41) is 0. The van der Waals surface area contributed by atoms with Gasteiger partial charge in [-0.1, -0.05) is 0 Å². The SMILES string of the molecule is [CH]1CCc2cncn21. The van der Waals surface area contributed by atoms with Crippen LogP contribution < -0.4 is 0 Å². The Kier molecular flexibility index (Phi) is 0.692.